The average Bonchev–Trinajstić information content (AvgIpc) is 2.50. The number of carbonyl (C=O) groups excluding carboxylic acids is 1. The second kappa shape index (κ2) is 6.44. The molecular weight excluding hydrogens is 294 g/mol. The molecule has 0 N–H and O–H groups in total. The van der Waals surface area contributed by atoms with E-state index in [1.807, 2.05) is 6.26 Å². The summed E-state index contributed by atoms with van der Waals surface area (Å²) in [5.41, 5.74) is 0.198. The zero-order valence-electron chi connectivity index (χ0n) is 11.7. The van der Waals surface area contributed by atoms with E-state index >= 15 is 0 Å². The molecule has 112 valence electrons. The topological polar surface area (TPSA) is 44.1 Å². The lowest BCUT2D eigenvalue weighted by Crippen LogP contribution is -2.45. The molecule has 0 aliphatic carbocycles. The first-order chi connectivity index (χ1) is 9.99. The van der Waals surface area contributed by atoms with E-state index in [9.17, 15) is 18.8 Å². The fraction of sp³-hybridized carbons (Fsp3) is 0.467. The summed E-state index contributed by atoms with van der Waals surface area (Å²) < 4.78 is 26.0. The van der Waals surface area contributed by atoms with Crippen molar-refractivity contribution in [1.82, 2.24) is 4.90 Å². The Morgan fingerprint density at radius 2 is 2.10 bits per heavy atom. The largest absolute Gasteiger partial charge is 0.342 e. The van der Waals surface area contributed by atoms with Crippen molar-refractivity contribution in [3.05, 3.63) is 35.4 Å². The lowest BCUT2D eigenvalue weighted by atomic mass is 9.96. The zero-order chi connectivity index (χ0) is 15.5. The number of nitrogens with zero attached hydrogens (tertiary/aromatic N) is 2. The standard InChI is InChI=1S/C15H16F2N2OS/c1-21-15(10-18)4-6-19(7-5-15)14(20)8-11-2-3-12(16)9-13(11)17/h2-3,9H,4-8H2,1H3. The van der Waals surface area contributed by atoms with E-state index in [0.29, 0.717) is 25.9 Å². The second-order valence-corrected chi connectivity index (χ2v) is 6.29. The van der Waals surface area contributed by atoms with Gasteiger partial charge in [-0.05, 0) is 30.7 Å². The molecule has 1 heterocycles. The van der Waals surface area contributed by atoms with Crippen molar-refractivity contribution < 1.29 is 13.6 Å². The third kappa shape index (κ3) is 3.53. The Kier molecular flexibility index (Phi) is 4.84. The SMILES string of the molecule is CSC1(C#N)CCN(C(=O)Cc2ccc(F)cc2F)CC1. The number of rotatable bonds is 3. The first-order valence-electron chi connectivity index (χ1n) is 6.68. The van der Waals surface area contributed by atoms with E-state index in [-0.39, 0.29) is 17.9 Å². The van der Waals surface area contributed by atoms with Gasteiger partial charge in [-0.3, -0.25) is 4.79 Å². The van der Waals surface area contributed by atoms with Crippen LogP contribution in [0.5, 0.6) is 0 Å². The summed E-state index contributed by atoms with van der Waals surface area (Å²) in [6, 6.07) is 5.55. The maximum Gasteiger partial charge on any atom is 0.227 e. The van der Waals surface area contributed by atoms with Crippen LogP contribution in [0.3, 0.4) is 0 Å². The molecule has 1 aromatic rings. The van der Waals surface area contributed by atoms with Crippen molar-refractivity contribution in [2.24, 2.45) is 0 Å². The summed E-state index contributed by atoms with van der Waals surface area (Å²) in [6.45, 7) is 0.992. The van der Waals surface area contributed by atoms with E-state index in [1.165, 1.54) is 17.8 Å². The monoisotopic (exact) mass is 310 g/mol. The van der Waals surface area contributed by atoms with Crippen molar-refractivity contribution in [2.75, 3.05) is 19.3 Å². The van der Waals surface area contributed by atoms with Crippen LogP contribution in [-0.4, -0.2) is 34.9 Å². The highest BCUT2D eigenvalue weighted by Gasteiger charge is 2.35. The van der Waals surface area contributed by atoms with Crippen molar-refractivity contribution in [2.45, 2.75) is 24.0 Å². The summed E-state index contributed by atoms with van der Waals surface area (Å²) in [5.74, 6) is -1.54. The molecule has 1 aliphatic heterocycles. The molecule has 0 unspecified atom stereocenters. The minimum Gasteiger partial charge on any atom is -0.342 e. The number of amides is 1. The van der Waals surface area contributed by atoms with Gasteiger partial charge in [-0.15, -0.1) is 11.8 Å². The Labute approximate surface area is 126 Å². The van der Waals surface area contributed by atoms with Gasteiger partial charge < -0.3 is 4.90 Å². The summed E-state index contributed by atoms with van der Waals surface area (Å²) >= 11 is 1.51. The third-order valence-corrected chi connectivity index (χ3v) is 5.16. The van der Waals surface area contributed by atoms with Crippen LogP contribution in [0.4, 0.5) is 8.78 Å². The summed E-state index contributed by atoms with van der Waals surface area (Å²) in [6.07, 6.45) is 3.05. The Morgan fingerprint density at radius 1 is 1.43 bits per heavy atom. The number of halogens is 2. The van der Waals surface area contributed by atoms with E-state index in [1.54, 1.807) is 4.90 Å². The van der Waals surface area contributed by atoms with E-state index in [4.69, 9.17) is 0 Å². The van der Waals surface area contributed by atoms with Crippen LogP contribution >= 0.6 is 11.8 Å². The lowest BCUT2D eigenvalue weighted by molar-refractivity contribution is -0.131. The molecule has 3 nitrogen and oxygen atoms in total. The van der Waals surface area contributed by atoms with Crippen LogP contribution in [0.1, 0.15) is 18.4 Å². The highest BCUT2D eigenvalue weighted by atomic mass is 32.2. The van der Waals surface area contributed by atoms with Crippen molar-refractivity contribution in [3.8, 4) is 6.07 Å². The average molecular weight is 310 g/mol. The predicted molar refractivity (Wildman–Crippen MR) is 77.7 cm³/mol. The van der Waals surface area contributed by atoms with E-state index in [2.05, 4.69) is 6.07 Å². The van der Waals surface area contributed by atoms with Gasteiger partial charge in [0.05, 0.1) is 12.5 Å². The van der Waals surface area contributed by atoms with E-state index in [0.717, 1.165) is 12.1 Å². The van der Waals surface area contributed by atoms with Crippen LogP contribution in [0.2, 0.25) is 0 Å². The van der Waals surface area contributed by atoms with Crippen LogP contribution in [0, 0.1) is 23.0 Å². The van der Waals surface area contributed by atoms with Crippen molar-refractivity contribution >= 4 is 17.7 Å². The number of thioether (sulfide) groups is 1. The summed E-state index contributed by atoms with van der Waals surface area (Å²) in [5, 5.41) is 9.20. The quantitative estimate of drug-likeness (QED) is 0.862. The Bertz CT molecular complexity index is 578. The number of nitriles is 1. The van der Waals surface area contributed by atoms with Crippen LogP contribution in [0.15, 0.2) is 18.2 Å². The highest BCUT2D eigenvalue weighted by molar-refractivity contribution is 8.00. The third-order valence-electron chi connectivity index (χ3n) is 3.88. The molecule has 1 aliphatic rings. The molecule has 0 atom stereocenters. The molecule has 0 saturated carbocycles. The smallest absolute Gasteiger partial charge is 0.227 e. The van der Waals surface area contributed by atoms with Gasteiger partial charge >= 0.3 is 0 Å². The lowest BCUT2D eigenvalue weighted by Gasteiger charge is -2.36. The number of benzene rings is 1. The molecule has 2 rings (SSSR count). The molecule has 1 saturated heterocycles. The Hall–Kier alpha value is -1.61. The number of piperidine rings is 1. The number of hydrogen-bond acceptors (Lipinski definition) is 3. The molecule has 1 amide bonds. The summed E-state index contributed by atoms with van der Waals surface area (Å²) in [4.78, 5) is 13.8. The minimum absolute atomic E-state index is 0.0784. The predicted octanol–water partition coefficient (Wildman–Crippen LogP) is 2.76. The first kappa shape index (κ1) is 15.8. The molecule has 0 aromatic heterocycles. The number of likely N-dealkylation sites (tertiary alicyclic amines) is 1. The van der Waals surface area contributed by atoms with Gasteiger partial charge in [-0.25, -0.2) is 8.78 Å². The van der Waals surface area contributed by atoms with Gasteiger partial charge in [-0.2, -0.15) is 5.26 Å². The molecule has 0 spiro atoms. The first-order valence-corrected chi connectivity index (χ1v) is 7.90. The van der Waals surface area contributed by atoms with Crippen molar-refractivity contribution in [1.29, 1.82) is 5.26 Å². The van der Waals surface area contributed by atoms with Gasteiger partial charge in [0, 0.05) is 19.2 Å². The van der Waals surface area contributed by atoms with Crippen LogP contribution in [-0.2, 0) is 11.2 Å². The number of hydrogen-bond donors (Lipinski definition) is 0. The molecule has 6 heteroatoms. The molecule has 0 radical (unpaired) electrons. The van der Waals surface area contributed by atoms with Gasteiger partial charge in [0.2, 0.25) is 5.91 Å². The van der Waals surface area contributed by atoms with Gasteiger partial charge in [0.1, 0.15) is 16.4 Å². The maximum absolute atomic E-state index is 13.6. The molecule has 0 bridgehead atoms. The fourth-order valence-corrected chi connectivity index (χ4v) is 3.10. The zero-order valence-corrected chi connectivity index (χ0v) is 12.6. The molecule has 1 fully saturated rings. The molecule has 21 heavy (non-hydrogen) atoms. The maximum atomic E-state index is 13.6. The fourth-order valence-electron chi connectivity index (χ4n) is 2.42. The van der Waals surface area contributed by atoms with Gasteiger partial charge in [0.15, 0.2) is 0 Å². The Balaban J connectivity index is 1.98. The number of carbonyl (C=O) groups is 1. The van der Waals surface area contributed by atoms with E-state index < -0.39 is 16.4 Å². The normalized spacial score (nSPS) is 17.3. The Morgan fingerprint density at radius 3 is 2.62 bits per heavy atom. The molecule has 1 aromatic carbocycles. The van der Waals surface area contributed by atoms with Gasteiger partial charge in [0.25, 0.3) is 0 Å². The highest BCUT2D eigenvalue weighted by Crippen LogP contribution is 2.33. The van der Waals surface area contributed by atoms with Crippen molar-refractivity contribution in [3.63, 3.8) is 0 Å². The van der Waals surface area contributed by atoms with Crippen LogP contribution < -0.4 is 0 Å². The second-order valence-electron chi connectivity index (χ2n) is 5.10. The molecular formula is C15H16F2N2OS. The minimum atomic E-state index is -0.698. The van der Waals surface area contributed by atoms with Crippen LogP contribution in [0.25, 0.3) is 0 Å². The van der Waals surface area contributed by atoms with Gasteiger partial charge in [-0.1, -0.05) is 6.07 Å². The summed E-state index contributed by atoms with van der Waals surface area (Å²) in [7, 11) is 0.